The number of esters is 1. The van der Waals surface area contributed by atoms with Crippen molar-refractivity contribution < 1.29 is 19.1 Å². The van der Waals surface area contributed by atoms with Crippen molar-refractivity contribution in [2.75, 3.05) is 0 Å². The largest absolute Gasteiger partial charge is 0.432 e. The highest BCUT2D eigenvalue weighted by Gasteiger charge is 2.44. The first kappa shape index (κ1) is 15.7. The highest BCUT2D eigenvalue weighted by atomic mass is 16.8. The smallest absolute Gasteiger partial charge is 0.338 e. The summed E-state index contributed by atoms with van der Waals surface area (Å²) in [6.45, 7) is 3.37. The predicted molar refractivity (Wildman–Crippen MR) is 78.6 cm³/mol. The van der Waals surface area contributed by atoms with E-state index in [0.29, 0.717) is 6.42 Å². The fraction of sp³-hybridized carbons (Fsp3) is 0.529. The normalized spacial score (nSPS) is 21.8. The Morgan fingerprint density at radius 3 is 2.52 bits per heavy atom. The zero-order chi connectivity index (χ0) is 15.3. The van der Waals surface area contributed by atoms with Gasteiger partial charge in [0.05, 0.1) is 5.92 Å². The van der Waals surface area contributed by atoms with Gasteiger partial charge in [-0.3, -0.25) is 0 Å². The van der Waals surface area contributed by atoms with Crippen LogP contribution in [-0.4, -0.2) is 24.1 Å². The maximum atomic E-state index is 11.7. The molecule has 0 aromatic heterocycles. The van der Waals surface area contributed by atoms with Gasteiger partial charge in [-0.1, -0.05) is 36.8 Å². The molecule has 0 aliphatic carbocycles. The third-order valence-corrected chi connectivity index (χ3v) is 3.65. The number of aldehydes is 1. The molecule has 2 rings (SSSR count). The summed E-state index contributed by atoms with van der Waals surface area (Å²) < 4.78 is 10.6. The SMILES string of the molecule is CC1(C)OC(=O)[C@H]([C@H](C=O)CCCCc2ccccc2)O1. The van der Waals surface area contributed by atoms with Crippen LogP contribution in [0.4, 0.5) is 0 Å². The summed E-state index contributed by atoms with van der Waals surface area (Å²) in [5.41, 5.74) is 1.29. The standard InChI is InChI=1S/C17H22O4/c1-17(2)20-15(16(19)21-17)14(12-18)11-7-6-10-13-8-4-3-5-9-13/h3-5,8-9,12,14-15H,6-7,10-11H2,1-2H3/t14-,15-/m0/s1. The molecule has 0 unspecified atom stereocenters. The maximum absolute atomic E-state index is 11.7. The number of hydrogen-bond acceptors (Lipinski definition) is 4. The van der Waals surface area contributed by atoms with Gasteiger partial charge < -0.3 is 14.3 Å². The van der Waals surface area contributed by atoms with E-state index in [-0.39, 0.29) is 0 Å². The summed E-state index contributed by atoms with van der Waals surface area (Å²) in [7, 11) is 0. The fourth-order valence-corrected chi connectivity index (χ4v) is 2.59. The number of hydrogen-bond donors (Lipinski definition) is 0. The van der Waals surface area contributed by atoms with E-state index in [9.17, 15) is 9.59 Å². The Morgan fingerprint density at radius 2 is 1.95 bits per heavy atom. The molecule has 0 radical (unpaired) electrons. The third kappa shape index (κ3) is 4.39. The quantitative estimate of drug-likeness (QED) is 0.440. The number of rotatable bonds is 7. The minimum atomic E-state index is -0.924. The number of benzene rings is 1. The molecule has 1 aromatic rings. The number of unbranched alkanes of at least 4 members (excludes halogenated alkanes) is 1. The second-order valence-electron chi connectivity index (χ2n) is 5.89. The number of carbonyl (C=O) groups excluding carboxylic acids is 2. The minimum Gasteiger partial charge on any atom is -0.432 e. The zero-order valence-electron chi connectivity index (χ0n) is 12.6. The topological polar surface area (TPSA) is 52.6 Å². The number of ether oxygens (including phenoxy) is 2. The molecule has 1 saturated heterocycles. The van der Waals surface area contributed by atoms with Crippen LogP contribution in [0, 0.1) is 5.92 Å². The first-order valence-electron chi connectivity index (χ1n) is 7.42. The van der Waals surface area contributed by atoms with E-state index in [0.717, 1.165) is 25.5 Å². The van der Waals surface area contributed by atoms with E-state index in [1.807, 2.05) is 18.2 Å². The van der Waals surface area contributed by atoms with Crippen molar-refractivity contribution in [3.63, 3.8) is 0 Å². The predicted octanol–water partition coefficient (Wildman–Crippen LogP) is 2.89. The average molecular weight is 290 g/mol. The molecule has 114 valence electrons. The molecule has 1 aliphatic heterocycles. The van der Waals surface area contributed by atoms with Crippen molar-refractivity contribution in [1.82, 2.24) is 0 Å². The molecular formula is C17H22O4. The molecule has 4 nitrogen and oxygen atoms in total. The summed E-state index contributed by atoms with van der Waals surface area (Å²) in [5, 5.41) is 0. The second-order valence-corrected chi connectivity index (χ2v) is 5.89. The maximum Gasteiger partial charge on any atom is 0.338 e. The lowest BCUT2D eigenvalue weighted by atomic mass is 9.96. The third-order valence-electron chi connectivity index (χ3n) is 3.65. The molecular weight excluding hydrogens is 268 g/mol. The Balaban J connectivity index is 1.78. The van der Waals surface area contributed by atoms with Gasteiger partial charge in [0.25, 0.3) is 0 Å². The van der Waals surface area contributed by atoms with Gasteiger partial charge in [0.1, 0.15) is 6.29 Å². The van der Waals surface area contributed by atoms with Gasteiger partial charge in [0, 0.05) is 13.8 Å². The van der Waals surface area contributed by atoms with E-state index < -0.39 is 23.8 Å². The Morgan fingerprint density at radius 1 is 1.24 bits per heavy atom. The Hall–Kier alpha value is -1.68. The van der Waals surface area contributed by atoms with E-state index >= 15 is 0 Å². The molecule has 0 spiro atoms. The molecule has 1 fully saturated rings. The number of carbonyl (C=O) groups is 2. The Bertz CT molecular complexity index is 481. The molecule has 1 aromatic carbocycles. The molecule has 1 heterocycles. The van der Waals surface area contributed by atoms with Crippen LogP contribution in [0.1, 0.15) is 38.7 Å². The molecule has 21 heavy (non-hydrogen) atoms. The Kier molecular flexibility index (Phi) is 5.12. The molecule has 2 atom stereocenters. The lowest BCUT2D eigenvalue weighted by molar-refractivity contribution is -0.161. The lowest BCUT2D eigenvalue weighted by Crippen LogP contribution is -2.29. The summed E-state index contributed by atoms with van der Waals surface area (Å²) in [5.74, 6) is -1.78. The van der Waals surface area contributed by atoms with Crippen LogP contribution in [-0.2, 0) is 25.5 Å². The summed E-state index contributed by atoms with van der Waals surface area (Å²) in [4.78, 5) is 23.0. The van der Waals surface area contributed by atoms with Crippen molar-refractivity contribution >= 4 is 12.3 Å². The summed E-state index contributed by atoms with van der Waals surface area (Å²) >= 11 is 0. The zero-order valence-corrected chi connectivity index (χ0v) is 12.6. The van der Waals surface area contributed by atoms with Gasteiger partial charge in [-0.2, -0.15) is 0 Å². The van der Waals surface area contributed by atoms with Crippen LogP contribution in [0.3, 0.4) is 0 Å². The monoisotopic (exact) mass is 290 g/mol. The van der Waals surface area contributed by atoms with Crippen molar-refractivity contribution in [1.29, 1.82) is 0 Å². The van der Waals surface area contributed by atoms with E-state index in [1.165, 1.54) is 5.56 Å². The number of aryl methyl sites for hydroxylation is 1. The first-order valence-corrected chi connectivity index (χ1v) is 7.42. The molecule has 4 heteroatoms. The minimum absolute atomic E-state index is 0.421. The van der Waals surface area contributed by atoms with Gasteiger partial charge in [-0.25, -0.2) is 4.79 Å². The van der Waals surface area contributed by atoms with Crippen molar-refractivity contribution in [2.45, 2.75) is 51.4 Å². The van der Waals surface area contributed by atoms with Crippen LogP contribution in [0.15, 0.2) is 30.3 Å². The van der Waals surface area contributed by atoms with E-state index in [2.05, 4.69) is 12.1 Å². The molecule has 0 saturated carbocycles. The van der Waals surface area contributed by atoms with Gasteiger partial charge in [-0.05, 0) is 24.8 Å². The number of cyclic esters (lactones) is 1. The van der Waals surface area contributed by atoms with Gasteiger partial charge in [0.2, 0.25) is 5.79 Å². The van der Waals surface area contributed by atoms with E-state index in [1.54, 1.807) is 13.8 Å². The molecule has 1 aliphatic rings. The summed E-state index contributed by atoms with van der Waals surface area (Å²) in [6, 6.07) is 10.2. The summed E-state index contributed by atoms with van der Waals surface area (Å²) in [6.07, 6.45) is 3.55. The highest BCUT2D eigenvalue weighted by Crippen LogP contribution is 2.29. The molecule has 0 bridgehead atoms. The van der Waals surface area contributed by atoms with Gasteiger partial charge >= 0.3 is 5.97 Å². The van der Waals surface area contributed by atoms with Crippen molar-refractivity contribution in [2.24, 2.45) is 5.92 Å². The lowest BCUT2D eigenvalue weighted by Gasteiger charge is -2.18. The fourth-order valence-electron chi connectivity index (χ4n) is 2.59. The highest BCUT2D eigenvalue weighted by molar-refractivity contribution is 5.80. The Labute approximate surface area is 125 Å². The average Bonchev–Trinajstić information content (AvgIpc) is 2.73. The van der Waals surface area contributed by atoms with Crippen LogP contribution in [0.25, 0.3) is 0 Å². The van der Waals surface area contributed by atoms with Crippen molar-refractivity contribution in [3.05, 3.63) is 35.9 Å². The second kappa shape index (κ2) is 6.85. The first-order chi connectivity index (χ1) is 10.0. The molecule has 0 N–H and O–H groups in total. The van der Waals surface area contributed by atoms with Crippen molar-refractivity contribution in [3.8, 4) is 0 Å². The van der Waals surface area contributed by atoms with Crippen LogP contribution < -0.4 is 0 Å². The van der Waals surface area contributed by atoms with Crippen LogP contribution >= 0.6 is 0 Å². The molecule has 0 amide bonds. The van der Waals surface area contributed by atoms with Gasteiger partial charge in [-0.15, -0.1) is 0 Å². The van der Waals surface area contributed by atoms with Gasteiger partial charge in [0.15, 0.2) is 6.10 Å². The van der Waals surface area contributed by atoms with E-state index in [4.69, 9.17) is 9.47 Å². The van der Waals surface area contributed by atoms with Crippen LogP contribution in [0.2, 0.25) is 0 Å². The van der Waals surface area contributed by atoms with Crippen LogP contribution in [0.5, 0.6) is 0 Å².